The van der Waals surface area contributed by atoms with Gasteiger partial charge in [0, 0.05) is 31.4 Å². The Morgan fingerprint density at radius 2 is 2.00 bits per heavy atom. The van der Waals surface area contributed by atoms with Gasteiger partial charge in [-0.05, 0) is 36.9 Å². The van der Waals surface area contributed by atoms with Crippen LogP contribution in [0.2, 0.25) is 0 Å². The minimum Gasteiger partial charge on any atom is -0.378 e. The highest BCUT2D eigenvalue weighted by Crippen LogP contribution is 2.20. The van der Waals surface area contributed by atoms with Gasteiger partial charge < -0.3 is 5.32 Å². The van der Waals surface area contributed by atoms with Gasteiger partial charge >= 0.3 is 0 Å². The Labute approximate surface area is 118 Å². The van der Waals surface area contributed by atoms with Crippen LogP contribution in [0, 0.1) is 13.8 Å². The summed E-state index contributed by atoms with van der Waals surface area (Å²) >= 11 is 0. The number of nitrogens with zero attached hydrogens (tertiary/aromatic N) is 3. The van der Waals surface area contributed by atoms with Crippen LogP contribution < -0.4 is 5.32 Å². The minimum absolute atomic E-state index is 0.797. The molecule has 0 unspecified atom stereocenters. The molecule has 3 rings (SSSR count). The zero-order chi connectivity index (χ0) is 14.1. The molecule has 0 radical (unpaired) electrons. The Balaban J connectivity index is 1.83. The molecular weight excluding hydrogens is 248 g/mol. The maximum absolute atomic E-state index is 4.42. The lowest BCUT2D eigenvalue weighted by Crippen LogP contribution is -2.01. The highest BCUT2D eigenvalue weighted by molar-refractivity contribution is 5.82. The molecule has 0 bridgehead atoms. The number of fused-ring (bicyclic) bond motifs is 1. The van der Waals surface area contributed by atoms with Crippen LogP contribution in [0.15, 0.2) is 36.7 Å². The Morgan fingerprint density at radius 1 is 1.15 bits per heavy atom. The smallest absolute Gasteiger partial charge is 0.0827 e. The number of aryl methyl sites for hydroxylation is 2. The Bertz CT molecular complexity index is 758. The second-order valence-electron chi connectivity index (χ2n) is 5.08. The van der Waals surface area contributed by atoms with E-state index in [2.05, 4.69) is 40.5 Å². The molecule has 0 saturated carbocycles. The van der Waals surface area contributed by atoms with Crippen molar-refractivity contribution in [3.05, 3.63) is 53.6 Å². The first-order valence-electron chi connectivity index (χ1n) is 6.72. The molecule has 1 aromatic carbocycles. The molecule has 0 amide bonds. The number of pyridine rings is 1. The summed E-state index contributed by atoms with van der Waals surface area (Å²) < 4.78 is 1.91. The van der Waals surface area contributed by atoms with Gasteiger partial charge in [-0.25, -0.2) is 0 Å². The van der Waals surface area contributed by atoms with Gasteiger partial charge in [0.1, 0.15) is 0 Å². The molecule has 1 N–H and O–H groups in total. The van der Waals surface area contributed by atoms with E-state index in [1.165, 1.54) is 16.3 Å². The Morgan fingerprint density at radius 3 is 2.75 bits per heavy atom. The van der Waals surface area contributed by atoms with Gasteiger partial charge in [-0.15, -0.1) is 0 Å². The topological polar surface area (TPSA) is 42.7 Å². The van der Waals surface area contributed by atoms with E-state index < -0.39 is 0 Å². The van der Waals surface area contributed by atoms with Crippen LogP contribution in [0.5, 0.6) is 0 Å². The number of nitrogens with one attached hydrogen (secondary N) is 1. The molecule has 0 saturated heterocycles. The minimum atomic E-state index is 0.797. The zero-order valence-corrected chi connectivity index (χ0v) is 12.0. The fraction of sp³-hybridized carbons (Fsp3) is 0.250. The predicted octanol–water partition coefficient (Wildman–Crippen LogP) is 3.20. The van der Waals surface area contributed by atoms with Crippen molar-refractivity contribution in [3.63, 3.8) is 0 Å². The lowest BCUT2D eigenvalue weighted by atomic mass is 10.1. The molecule has 2 aromatic heterocycles. The van der Waals surface area contributed by atoms with E-state index >= 15 is 0 Å². The zero-order valence-electron chi connectivity index (χ0n) is 12.0. The average molecular weight is 266 g/mol. The maximum Gasteiger partial charge on any atom is 0.0827 e. The first-order chi connectivity index (χ1) is 9.65. The molecule has 2 heterocycles. The summed E-state index contributed by atoms with van der Waals surface area (Å²) in [5, 5.41) is 10.3. The van der Waals surface area contributed by atoms with Crippen molar-refractivity contribution in [2.75, 3.05) is 5.32 Å². The number of hydrogen-bond acceptors (Lipinski definition) is 3. The second kappa shape index (κ2) is 4.96. The van der Waals surface area contributed by atoms with Gasteiger partial charge in [0.25, 0.3) is 0 Å². The third-order valence-electron chi connectivity index (χ3n) is 3.68. The van der Waals surface area contributed by atoms with Crippen molar-refractivity contribution in [2.24, 2.45) is 7.05 Å². The van der Waals surface area contributed by atoms with Crippen molar-refractivity contribution in [1.82, 2.24) is 14.8 Å². The first kappa shape index (κ1) is 12.7. The van der Waals surface area contributed by atoms with Crippen LogP contribution >= 0.6 is 0 Å². The Hall–Kier alpha value is -2.36. The summed E-state index contributed by atoms with van der Waals surface area (Å²) in [6.07, 6.45) is 3.72. The fourth-order valence-corrected chi connectivity index (χ4v) is 2.46. The molecule has 0 atom stereocenters. The number of anilines is 1. The molecule has 102 valence electrons. The highest BCUT2D eigenvalue weighted by Gasteiger charge is 2.08. The van der Waals surface area contributed by atoms with Crippen LogP contribution in [-0.2, 0) is 13.6 Å². The van der Waals surface area contributed by atoms with Crippen LogP contribution in [0.4, 0.5) is 5.69 Å². The van der Waals surface area contributed by atoms with Crippen molar-refractivity contribution in [2.45, 2.75) is 20.4 Å². The number of hydrogen-bond donors (Lipinski definition) is 1. The number of aromatic nitrogens is 3. The van der Waals surface area contributed by atoms with Crippen molar-refractivity contribution in [3.8, 4) is 0 Å². The molecule has 0 fully saturated rings. The first-order valence-corrected chi connectivity index (χ1v) is 6.72. The fourth-order valence-electron chi connectivity index (χ4n) is 2.46. The lowest BCUT2D eigenvalue weighted by molar-refractivity contribution is 0.731. The summed E-state index contributed by atoms with van der Waals surface area (Å²) in [5.41, 5.74) is 4.58. The van der Waals surface area contributed by atoms with E-state index in [9.17, 15) is 0 Å². The van der Waals surface area contributed by atoms with Crippen molar-refractivity contribution in [1.29, 1.82) is 0 Å². The molecule has 20 heavy (non-hydrogen) atoms. The van der Waals surface area contributed by atoms with E-state index in [0.717, 1.165) is 23.6 Å². The van der Waals surface area contributed by atoms with Gasteiger partial charge in [0.2, 0.25) is 0 Å². The summed E-state index contributed by atoms with van der Waals surface area (Å²) in [7, 11) is 1.97. The molecule has 4 heteroatoms. The van der Waals surface area contributed by atoms with Crippen molar-refractivity contribution < 1.29 is 0 Å². The van der Waals surface area contributed by atoms with E-state index in [4.69, 9.17) is 0 Å². The van der Waals surface area contributed by atoms with Crippen LogP contribution in [-0.4, -0.2) is 14.8 Å². The summed E-state index contributed by atoms with van der Waals surface area (Å²) in [6.45, 7) is 4.90. The molecular formula is C16H18N4. The number of benzene rings is 1. The maximum atomic E-state index is 4.42. The summed E-state index contributed by atoms with van der Waals surface area (Å²) in [4.78, 5) is 4.14. The van der Waals surface area contributed by atoms with Crippen LogP contribution in [0.3, 0.4) is 0 Å². The largest absolute Gasteiger partial charge is 0.378 e. The summed E-state index contributed by atoms with van der Waals surface area (Å²) in [5.74, 6) is 0. The van der Waals surface area contributed by atoms with E-state index in [-0.39, 0.29) is 0 Å². The third-order valence-corrected chi connectivity index (χ3v) is 3.68. The second-order valence-corrected chi connectivity index (χ2v) is 5.08. The quantitative estimate of drug-likeness (QED) is 0.791. The van der Waals surface area contributed by atoms with Gasteiger partial charge in [-0.1, -0.05) is 12.1 Å². The molecule has 3 aromatic rings. The Kier molecular flexibility index (Phi) is 3.14. The van der Waals surface area contributed by atoms with Gasteiger partial charge in [0.15, 0.2) is 0 Å². The van der Waals surface area contributed by atoms with Gasteiger partial charge in [-0.3, -0.25) is 9.67 Å². The highest BCUT2D eigenvalue weighted by atomic mass is 15.3. The monoisotopic (exact) mass is 266 g/mol. The van der Waals surface area contributed by atoms with Crippen molar-refractivity contribution >= 4 is 16.5 Å². The van der Waals surface area contributed by atoms with Crippen LogP contribution in [0.1, 0.15) is 17.0 Å². The SMILES string of the molecule is Cc1nn(C)c(C)c1NCc1ccc2cnccc2c1. The number of rotatable bonds is 3. The summed E-state index contributed by atoms with van der Waals surface area (Å²) in [6, 6.07) is 8.49. The molecule has 0 aliphatic carbocycles. The third kappa shape index (κ3) is 2.25. The normalized spacial score (nSPS) is 10.9. The molecule has 0 aliphatic rings. The van der Waals surface area contributed by atoms with E-state index in [1.807, 2.05) is 37.1 Å². The molecule has 0 aliphatic heterocycles. The predicted molar refractivity (Wildman–Crippen MR) is 81.8 cm³/mol. The van der Waals surface area contributed by atoms with E-state index in [1.54, 1.807) is 0 Å². The van der Waals surface area contributed by atoms with Gasteiger partial charge in [-0.2, -0.15) is 5.10 Å². The molecule has 4 nitrogen and oxygen atoms in total. The van der Waals surface area contributed by atoms with Crippen LogP contribution in [0.25, 0.3) is 10.8 Å². The molecule has 0 spiro atoms. The average Bonchev–Trinajstić information content (AvgIpc) is 2.70. The lowest BCUT2D eigenvalue weighted by Gasteiger charge is -2.08. The van der Waals surface area contributed by atoms with Gasteiger partial charge in [0.05, 0.1) is 17.1 Å². The standard InChI is InChI=1S/C16H18N4/c1-11-16(12(2)20(3)19-11)18-9-13-4-5-15-10-17-7-6-14(15)8-13/h4-8,10,18H,9H2,1-3H3. The van der Waals surface area contributed by atoms with E-state index in [0.29, 0.717) is 0 Å².